The number of hydrogen-bond acceptors (Lipinski definition) is 14. The van der Waals surface area contributed by atoms with Gasteiger partial charge in [0.15, 0.2) is 0 Å². The third kappa shape index (κ3) is 52.8. The van der Waals surface area contributed by atoms with Gasteiger partial charge in [-0.25, -0.2) is 4.79 Å². The maximum atomic E-state index is 12.9. The van der Waals surface area contributed by atoms with E-state index in [4.69, 9.17) is 24.1 Å². The quantitative estimate of drug-likeness (QED) is 0.0294. The van der Waals surface area contributed by atoms with Crippen molar-refractivity contribution in [2.75, 3.05) is 90.5 Å². The van der Waals surface area contributed by atoms with Crippen molar-refractivity contribution in [3.63, 3.8) is 0 Å². The van der Waals surface area contributed by atoms with Crippen molar-refractivity contribution in [3.8, 4) is 0 Å². The molecule has 20 nitrogen and oxygen atoms in total. The van der Waals surface area contributed by atoms with Crippen LogP contribution in [0.25, 0.3) is 0 Å². The molecular weight excluding hydrogens is 1030 g/mol. The van der Waals surface area contributed by atoms with Crippen LogP contribution in [-0.2, 0) is 57.3 Å². The fourth-order valence-corrected chi connectivity index (χ4v) is 8.77. The van der Waals surface area contributed by atoms with Crippen LogP contribution in [0.1, 0.15) is 188 Å². The Morgan fingerprint density at radius 2 is 0.753 bits per heavy atom. The largest absolute Gasteiger partial charge is 0.481 e. The summed E-state index contributed by atoms with van der Waals surface area (Å²) in [7, 11) is 0. The number of carbonyl (C=O) groups excluding carboxylic acids is 6. The third-order valence-electron chi connectivity index (χ3n) is 12.0. The zero-order valence-corrected chi connectivity index (χ0v) is 49.1. The Labute approximate surface area is 469 Å². The average Bonchev–Trinajstić information content (AvgIpc) is 3.38. The van der Waals surface area contributed by atoms with Gasteiger partial charge in [0.1, 0.15) is 12.1 Å². The summed E-state index contributed by atoms with van der Waals surface area (Å²) in [6.07, 6.45) is 21.3. The molecule has 22 heteroatoms. The second kappa shape index (κ2) is 53.0. The maximum Gasteiger partial charge on any atom is 0.326 e. The molecule has 0 aliphatic rings. The lowest BCUT2D eigenvalue weighted by molar-refractivity contribution is -0.142. The number of carbonyl (C=O) groups is 8. The number of rotatable bonds is 56. The highest BCUT2D eigenvalue weighted by Crippen LogP contribution is 2.15. The molecule has 0 aromatic carbocycles. The highest BCUT2D eigenvalue weighted by molar-refractivity contribution is 8.00. The molecule has 2 atom stereocenters. The lowest BCUT2D eigenvalue weighted by Gasteiger charge is -2.19. The van der Waals surface area contributed by atoms with Crippen molar-refractivity contribution in [2.24, 2.45) is 0 Å². The van der Waals surface area contributed by atoms with Crippen molar-refractivity contribution >= 4 is 70.9 Å². The molecule has 77 heavy (non-hydrogen) atoms. The molecule has 0 aliphatic heterocycles. The number of carboxylic acids is 2. The lowest BCUT2D eigenvalue weighted by atomic mass is 10.0. The van der Waals surface area contributed by atoms with Gasteiger partial charge in [0.2, 0.25) is 35.4 Å². The van der Waals surface area contributed by atoms with Gasteiger partial charge in [0.05, 0.1) is 64.4 Å². The van der Waals surface area contributed by atoms with E-state index in [1.807, 2.05) is 27.7 Å². The van der Waals surface area contributed by atoms with Gasteiger partial charge in [-0.2, -0.15) is 0 Å². The number of aliphatic carboxylic acids is 2. The van der Waals surface area contributed by atoms with Gasteiger partial charge in [-0.15, -0.1) is 23.5 Å². The van der Waals surface area contributed by atoms with E-state index in [1.165, 1.54) is 69.5 Å². The number of carboxylic acid groups (broad SMARTS) is 2. The molecule has 0 heterocycles. The van der Waals surface area contributed by atoms with Gasteiger partial charge in [-0.05, 0) is 55.4 Å². The number of ether oxygens (including phenoxy) is 4. The highest BCUT2D eigenvalue weighted by Gasteiger charge is 2.21. The first-order valence-electron chi connectivity index (χ1n) is 28.8. The van der Waals surface area contributed by atoms with Crippen LogP contribution >= 0.6 is 23.5 Å². The van der Waals surface area contributed by atoms with E-state index in [-0.39, 0.29) is 118 Å². The minimum atomic E-state index is -1.06. The molecule has 8 N–H and O–H groups in total. The summed E-state index contributed by atoms with van der Waals surface area (Å²) in [6, 6.07) is -1.68. The summed E-state index contributed by atoms with van der Waals surface area (Å²) in [5.41, 5.74) is 0. The SMILES string of the molecule is CC(C)SCC(=O)NCCC[C@H](NC(=O)CSC(C)C)C(=O)NCCOCCOCCC(=O)NCCOCCOCCC(=O)NCCCC[C@H](NC(=O)CCCCCCCCCCCCCCCCCCC(=O)O)C(=O)O. The number of hydrogen-bond donors (Lipinski definition) is 8. The highest BCUT2D eigenvalue weighted by atomic mass is 32.2. The molecule has 0 rings (SSSR count). The summed E-state index contributed by atoms with van der Waals surface area (Å²) in [5.74, 6) is -2.34. The molecule has 0 bridgehead atoms. The van der Waals surface area contributed by atoms with Crippen LogP contribution in [0.2, 0.25) is 0 Å². The molecule has 448 valence electrons. The minimum absolute atomic E-state index is 0.0563. The van der Waals surface area contributed by atoms with E-state index in [2.05, 4.69) is 31.9 Å². The Hall–Kier alpha value is -3.70. The van der Waals surface area contributed by atoms with Gasteiger partial charge in [0, 0.05) is 51.9 Å². The molecule has 0 saturated heterocycles. The van der Waals surface area contributed by atoms with Crippen LogP contribution in [0.5, 0.6) is 0 Å². The molecular formula is C55H102N6O14S2. The first-order chi connectivity index (χ1) is 37.1. The first-order valence-corrected chi connectivity index (χ1v) is 30.9. The molecule has 0 aromatic rings. The van der Waals surface area contributed by atoms with Gasteiger partial charge < -0.3 is 61.1 Å². The van der Waals surface area contributed by atoms with Crippen molar-refractivity contribution in [2.45, 2.75) is 211 Å². The van der Waals surface area contributed by atoms with E-state index in [0.717, 1.165) is 44.9 Å². The average molecular weight is 1140 g/mol. The lowest BCUT2D eigenvalue weighted by Crippen LogP contribution is -2.48. The second-order valence-corrected chi connectivity index (χ2v) is 22.9. The Kier molecular flexibility index (Phi) is 50.4. The predicted octanol–water partition coefficient (Wildman–Crippen LogP) is 6.69. The van der Waals surface area contributed by atoms with Gasteiger partial charge in [-0.1, -0.05) is 118 Å². The number of amides is 6. The Morgan fingerprint density at radius 3 is 1.23 bits per heavy atom. The zero-order valence-electron chi connectivity index (χ0n) is 47.5. The molecule has 0 saturated carbocycles. The monoisotopic (exact) mass is 1130 g/mol. The van der Waals surface area contributed by atoms with Crippen LogP contribution in [-0.4, -0.2) is 171 Å². The summed E-state index contributed by atoms with van der Waals surface area (Å²) in [6.45, 7) is 11.5. The van der Waals surface area contributed by atoms with E-state index in [1.54, 1.807) is 11.8 Å². The van der Waals surface area contributed by atoms with Crippen LogP contribution in [0.3, 0.4) is 0 Å². The van der Waals surface area contributed by atoms with Crippen LogP contribution in [0.15, 0.2) is 0 Å². The smallest absolute Gasteiger partial charge is 0.326 e. The standard InChI is InChI=1S/C55H102N6O14S2/c1-44(2)76-42-51(65)57-31-23-25-46(60-52(66)43-77-45(3)4)54(69)59-33-37-75-41-39-73-35-29-49(63)58-32-36-74-40-38-72-34-28-48(62)56-30-22-21-24-47(55(70)71)61-50(64)26-19-17-15-13-11-9-7-5-6-8-10-12-14-16-18-20-27-53(67)68/h44-47H,5-43H2,1-4H3,(H,56,62)(H,57,65)(H,58,63)(H,59,69)(H,60,66)(H,61,64)(H,67,68)(H,70,71)/t46-,47-/m0/s1. The van der Waals surface area contributed by atoms with E-state index >= 15 is 0 Å². The Balaban J connectivity index is 3.82. The van der Waals surface area contributed by atoms with Gasteiger partial charge in [-0.3, -0.25) is 33.6 Å². The third-order valence-corrected chi connectivity index (χ3v) is 14.2. The fraction of sp³-hybridized carbons (Fsp3) is 0.855. The zero-order chi connectivity index (χ0) is 57.0. The Bertz CT molecular complexity index is 1570. The van der Waals surface area contributed by atoms with Crippen molar-refractivity contribution < 1.29 is 67.5 Å². The molecule has 0 radical (unpaired) electrons. The van der Waals surface area contributed by atoms with Crippen molar-refractivity contribution in [1.29, 1.82) is 0 Å². The van der Waals surface area contributed by atoms with E-state index in [0.29, 0.717) is 76.0 Å². The number of unbranched alkanes of at least 4 members (excludes halogenated alkanes) is 16. The molecule has 0 fully saturated rings. The minimum Gasteiger partial charge on any atom is -0.481 e. The number of thioether (sulfide) groups is 2. The van der Waals surface area contributed by atoms with Crippen molar-refractivity contribution in [3.05, 3.63) is 0 Å². The van der Waals surface area contributed by atoms with E-state index in [9.17, 15) is 43.5 Å². The van der Waals surface area contributed by atoms with Crippen LogP contribution in [0, 0.1) is 0 Å². The molecule has 0 aliphatic carbocycles. The van der Waals surface area contributed by atoms with Gasteiger partial charge >= 0.3 is 11.9 Å². The summed E-state index contributed by atoms with van der Waals surface area (Å²) in [4.78, 5) is 96.4. The van der Waals surface area contributed by atoms with Crippen LogP contribution < -0.4 is 31.9 Å². The molecule has 0 unspecified atom stereocenters. The normalized spacial score (nSPS) is 12.0. The van der Waals surface area contributed by atoms with E-state index < -0.39 is 24.0 Å². The van der Waals surface area contributed by atoms with Gasteiger partial charge in [0.25, 0.3) is 0 Å². The fourth-order valence-electron chi connectivity index (χ4n) is 7.62. The molecule has 0 aromatic heterocycles. The summed E-state index contributed by atoms with van der Waals surface area (Å²) >= 11 is 3.05. The first kappa shape index (κ1) is 73.3. The second-order valence-electron chi connectivity index (χ2n) is 19.8. The predicted molar refractivity (Wildman–Crippen MR) is 305 cm³/mol. The van der Waals surface area contributed by atoms with Crippen molar-refractivity contribution in [1.82, 2.24) is 31.9 Å². The molecule has 0 spiro atoms. The topological polar surface area (TPSA) is 286 Å². The maximum absolute atomic E-state index is 12.9. The Morgan fingerprint density at radius 1 is 0.364 bits per heavy atom. The number of nitrogens with one attached hydrogen (secondary N) is 6. The van der Waals surface area contributed by atoms with Crippen LogP contribution in [0.4, 0.5) is 0 Å². The molecule has 6 amide bonds. The summed E-state index contributed by atoms with van der Waals surface area (Å²) < 4.78 is 22.0. The summed E-state index contributed by atoms with van der Waals surface area (Å²) in [5, 5.41) is 35.6.